The van der Waals surface area contributed by atoms with E-state index in [0.29, 0.717) is 47.7 Å². The van der Waals surface area contributed by atoms with Crippen LogP contribution in [0.5, 0.6) is 23.0 Å². The molecular weight excluding hydrogens is 440 g/mol. The molecule has 2 aromatic heterocycles. The largest absolute Gasteiger partial charge is 0.491 e. The van der Waals surface area contributed by atoms with Crippen molar-refractivity contribution in [3.05, 3.63) is 41.2 Å². The number of pyridine rings is 1. The van der Waals surface area contributed by atoms with E-state index < -0.39 is 0 Å². The van der Waals surface area contributed by atoms with Crippen molar-refractivity contribution < 1.29 is 23.7 Å². The molecule has 1 aliphatic heterocycles. The Hall–Kier alpha value is -3.05. The number of nitrogens with zero attached hydrogens (tertiary/aromatic N) is 3. The number of carbonyl (C=O) groups is 1. The van der Waals surface area contributed by atoms with Crippen LogP contribution in [0, 0.1) is 6.92 Å². The molecule has 0 saturated heterocycles. The number of fused-ring (bicyclic) bond motifs is 1. The van der Waals surface area contributed by atoms with Crippen LogP contribution < -0.4 is 24.3 Å². The van der Waals surface area contributed by atoms with E-state index in [0.717, 1.165) is 15.0 Å². The molecule has 1 amide bonds. The summed E-state index contributed by atoms with van der Waals surface area (Å²) in [6, 6.07) is 7.00. The molecule has 1 aromatic carbocycles. The van der Waals surface area contributed by atoms with Gasteiger partial charge in [0.15, 0.2) is 33.9 Å². The summed E-state index contributed by atoms with van der Waals surface area (Å²) in [5.41, 5.74) is 1.38. The number of aromatic nitrogens is 3. The highest BCUT2D eigenvalue weighted by Crippen LogP contribution is 2.33. The quantitative estimate of drug-likeness (QED) is 0.507. The number of carbonyl (C=O) groups excluding carboxylic acids is 1. The average Bonchev–Trinajstić information content (AvgIpc) is 3.21. The topological polar surface area (TPSA) is 105 Å². The highest BCUT2D eigenvalue weighted by atomic mass is 32.2. The first kappa shape index (κ1) is 21.2. The van der Waals surface area contributed by atoms with Crippen molar-refractivity contribution in [3.63, 3.8) is 0 Å². The average molecular weight is 461 g/mol. The fraction of sp³-hybridized carbons (Fsp3) is 0.300. The smallest absolute Gasteiger partial charge is 0.262 e. The fourth-order valence-corrected chi connectivity index (χ4v) is 4.46. The second kappa shape index (κ2) is 9.84. The Balaban J connectivity index is 1.35. The van der Waals surface area contributed by atoms with E-state index in [2.05, 4.69) is 20.5 Å². The van der Waals surface area contributed by atoms with E-state index in [9.17, 15) is 4.79 Å². The number of ether oxygens (including phenoxy) is 4. The van der Waals surface area contributed by atoms with Crippen molar-refractivity contribution in [2.45, 2.75) is 17.0 Å². The minimum absolute atomic E-state index is 0.184. The standard InChI is InChI=1S/C20H20N4O5S2/c1-12-23-24-20(31-12)30-11-14-8-17(18(26-2)9-21-14)29-10-19(25)22-13-3-4-15-16(7-13)28-6-5-27-15/h3-4,7-9H,5-6,10-11H2,1-2H3,(H,22,25). The van der Waals surface area contributed by atoms with Gasteiger partial charge in [0.1, 0.15) is 18.2 Å². The monoisotopic (exact) mass is 460 g/mol. The molecule has 0 aliphatic carbocycles. The van der Waals surface area contributed by atoms with Crippen LogP contribution in [0.3, 0.4) is 0 Å². The van der Waals surface area contributed by atoms with E-state index >= 15 is 0 Å². The van der Waals surface area contributed by atoms with Crippen molar-refractivity contribution in [3.8, 4) is 23.0 Å². The molecule has 11 heteroatoms. The summed E-state index contributed by atoms with van der Waals surface area (Å²) < 4.78 is 22.9. The number of anilines is 1. The number of amides is 1. The summed E-state index contributed by atoms with van der Waals surface area (Å²) in [7, 11) is 1.53. The number of rotatable bonds is 8. The van der Waals surface area contributed by atoms with Gasteiger partial charge in [0.2, 0.25) is 0 Å². The van der Waals surface area contributed by atoms with Crippen LogP contribution in [0.15, 0.2) is 34.8 Å². The lowest BCUT2D eigenvalue weighted by molar-refractivity contribution is -0.118. The molecule has 3 aromatic rings. The van der Waals surface area contributed by atoms with Gasteiger partial charge >= 0.3 is 0 Å². The Morgan fingerprint density at radius 2 is 2.03 bits per heavy atom. The zero-order valence-electron chi connectivity index (χ0n) is 16.9. The molecule has 1 N–H and O–H groups in total. The molecular formula is C20H20N4O5S2. The Kier molecular flexibility index (Phi) is 6.73. The van der Waals surface area contributed by atoms with Gasteiger partial charge in [-0.3, -0.25) is 9.78 Å². The Bertz CT molecular complexity index is 1080. The minimum atomic E-state index is -0.309. The van der Waals surface area contributed by atoms with Crippen LogP contribution in [-0.4, -0.2) is 48.0 Å². The van der Waals surface area contributed by atoms with E-state index in [1.807, 2.05) is 6.92 Å². The van der Waals surface area contributed by atoms with E-state index in [4.69, 9.17) is 18.9 Å². The molecule has 31 heavy (non-hydrogen) atoms. The molecule has 9 nitrogen and oxygen atoms in total. The molecule has 0 fully saturated rings. The molecule has 4 rings (SSSR count). The minimum Gasteiger partial charge on any atom is -0.491 e. The normalized spacial score (nSPS) is 12.3. The number of thioether (sulfide) groups is 1. The summed E-state index contributed by atoms with van der Waals surface area (Å²) in [6.45, 7) is 2.72. The molecule has 1 aliphatic rings. The third-order valence-corrected chi connectivity index (χ3v) is 6.15. The van der Waals surface area contributed by atoms with Gasteiger partial charge in [-0.25, -0.2) is 0 Å². The number of hydrogen-bond acceptors (Lipinski definition) is 10. The van der Waals surface area contributed by atoms with Crippen LogP contribution >= 0.6 is 23.1 Å². The Labute approximate surface area is 187 Å². The number of benzene rings is 1. The van der Waals surface area contributed by atoms with Gasteiger partial charge in [-0.05, 0) is 19.1 Å². The summed E-state index contributed by atoms with van der Waals surface area (Å²) in [4.78, 5) is 16.7. The van der Waals surface area contributed by atoms with Gasteiger partial charge in [-0.1, -0.05) is 23.1 Å². The van der Waals surface area contributed by atoms with Crippen LogP contribution in [0.4, 0.5) is 5.69 Å². The maximum Gasteiger partial charge on any atom is 0.262 e. The molecule has 162 valence electrons. The van der Waals surface area contributed by atoms with Crippen LogP contribution in [0.25, 0.3) is 0 Å². The summed E-state index contributed by atoms with van der Waals surface area (Å²) in [6.07, 6.45) is 1.58. The first-order valence-electron chi connectivity index (χ1n) is 9.39. The molecule has 3 heterocycles. The SMILES string of the molecule is COc1cnc(CSc2nnc(C)s2)cc1OCC(=O)Nc1ccc2c(c1)OCCO2. The molecule has 0 spiro atoms. The number of aryl methyl sites for hydroxylation is 1. The van der Waals surface area contributed by atoms with Gasteiger partial charge < -0.3 is 24.3 Å². The Morgan fingerprint density at radius 1 is 1.19 bits per heavy atom. The molecule has 0 saturated carbocycles. The summed E-state index contributed by atoms with van der Waals surface area (Å²) >= 11 is 3.07. The third kappa shape index (κ3) is 5.56. The molecule has 0 unspecified atom stereocenters. The lowest BCUT2D eigenvalue weighted by Crippen LogP contribution is -2.21. The van der Waals surface area contributed by atoms with Gasteiger partial charge in [0.05, 0.1) is 19.0 Å². The van der Waals surface area contributed by atoms with E-state index in [1.165, 1.54) is 30.2 Å². The van der Waals surface area contributed by atoms with Crippen LogP contribution in [0.1, 0.15) is 10.7 Å². The highest BCUT2D eigenvalue weighted by Gasteiger charge is 2.14. The van der Waals surface area contributed by atoms with Crippen molar-refractivity contribution in [1.82, 2.24) is 15.2 Å². The van der Waals surface area contributed by atoms with Crippen molar-refractivity contribution in [1.29, 1.82) is 0 Å². The van der Waals surface area contributed by atoms with Crippen molar-refractivity contribution in [2.24, 2.45) is 0 Å². The van der Waals surface area contributed by atoms with E-state index in [1.54, 1.807) is 30.5 Å². The van der Waals surface area contributed by atoms with E-state index in [-0.39, 0.29) is 12.5 Å². The van der Waals surface area contributed by atoms with Gasteiger partial charge in [0, 0.05) is 23.6 Å². The zero-order valence-corrected chi connectivity index (χ0v) is 18.5. The zero-order chi connectivity index (χ0) is 21.6. The van der Waals surface area contributed by atoms with Crippen molar-refractivity contribution in [2.75, 3.05) is 32.2 Å². The predicted octanol–water partition coefficient (Wildman–Crippen LogP) is 3.33. The molecule has 0 bridgehead atoms. The van der Waals surface area contributed by atoms with Gasteiger partial charge in [0.25, 0.3) is 5.91 Å². The molecule has 0 atom stereocenters. The highest BCUT2D eigenvalue weighted by molar-refractivity contribution is 8.00. The maximum atomic E-state index is 12.4. The van der Waals surface area contributed by atoms with Crippen LogP contribution in [-0.2, 0) is 10.5 Å². The number of hydrogen-bond donors (Lipinski definition) is 1. The first-order chi connectivity index (χ1) is 15.1. The van der Waals surface area contributed by atoms with Crippen molar-refractivity contribution >= 4 is 34.7 Å². The number of nitrogens with one attached hydrogen (secondary N) is 1. The second-order valence-electron chi connectivity index (χ2n) is 6.40. The third-order valence-electron chi connectivity index (χ3n) is 4.14. The van der Waals surface area contributed by atoms with Crippen LogP contribution in [0.2, 0.25) is 0 Å². The number of methoxy groups -OCH3 is 1. The van der Waals surface area contributed by atoms with Gasteiger partial charge in [-0.15, -0.1) is 10.2 Å². The molecule has 0 radical (unpaired) electrons. The Morgan fingerprint density at radius 3 is 2.81 bits per heavy atom. The first-order valence-corrected chi connectivity index (χ1v) is 11.2. The summed E-state index contributed by atoms with van der Waals surface area (Å²) in [5, 5.41) is 11.8. The predicted molar refractivity (Wildman–Crippen MR) is 117 cm³/mol. The second-order valence-corrected chi connectivity index (χ2v) is 8.80. The summed E-state index contributed by atoms with van der Waals surface area (Å²) in [5.74, 6) is 2.45. The van der Waals surface area contributed by atoms with Gasteiger partial charge in [-0.2, -0.15) is 0 Å². The lowest BCUT2D eigenvalue weighted by Gasteiger charge is -2.19. The lowest BCUT2D eigenvalue weighted by atomic mass is 10.2. The maximum absolute atomic E-state index is 12.4. The fourth-order valence-electron chi connectivity index (χ4n) is 2.74.